The minimum absolute atomic E-state index is 0.0122. The number of rotatable bonds is 16. The van der Waals surface area contributed by atoms with Crippen molar-refractivity contribution in [3.63, 3.8) is 0 Å². The molecule has 3 rings (SSSR count). The Kier molecular flexibility index (Phi) is 11.7. The molecular formula is C27H36ClN5O5S. The Balaban J connectivity index is 1.56. The maximum atomic E-state index is 12.8. The number of hydrogen-bond acceptors (Lipinski definition) is 6. The number of benzene rings is 2. The van der Waals surface area contributed by atoms with E-state index in [9.17, 15) is 23.3 Å². The number of nitrogens with one attached hydrogen (secondary N) is 2. The molecule has 1 fully saturated rings. The van der Waals surface area contributed by atoms with E-state index in [2.05, 4.69) is 22.1 Å². The number of anilines is 1. The Bertz CT molecular complexity index is 1290. The van der Waals surface area contributed by atoms with Gasteiger partial charge in [-0.05, 0) is 30.7 Å². The number of halogens is 1. The number of nitro groups is 1. The second-order valence-electron chi connectivity index (χ2n) is 9.52. The van der Waals surface area contributed by atoms with E-state index in [4.69, 9.17) is 11.6 Å². The van der Waals surface area contributed by atoms with Crippen LogP contribution in [0.3, 0.4) is 0 Å². The first-order valence-corrected chi connectivity index (χ1v) is 15.3. The van der Waals surface area contributed by atoms with Crippen LogP contribution in [0.4, 0.5) is 17.1 Å². The second-order valence-corrected chi connectivity index (χ2v) is 11.7. The molecule has 2 N–H and O–H groups in total. The van der Waals surface area contributed by atoms with Crippen molar-refractivity contribution >= 4 is 50.4 Å². The third-order valence-electron chi connectivity index (χ3n) is 6.43. The Morgan fingerprint density at radius 1 is 1.03 bits per heavy atom. The molecule has 0 bridgehead atoms. The Morgan fingerprint density at radius 2 is 1.67 bits per heavy atom. The van der Waals surface area contributed by atoms with Gasteiger partial charge in [-0.2, -0.15) is 0 Å². The zero-order chi connectivity index (χ0) is 28.3. The summed E-state index contributed by atoms with van der Waals surface area (Å²) < 4.78 is 28.3. The summed E-state index contributed by atoms with van der Waals surface area (Å²) in [6.45, 7) is 2.55. The number of nitrogens with zero attached hydrogens (tertiary/aromatic N) is 3. The molecule has 2 aromatic carbocycles. The number of carbonyl (C=O) groups excluding carboxylic acids is 1. The van der Waals surface area contributed by atoms with E-state index in [0.717, 1.165) is 24.3 Å². The summed E-state index contributed by atoms with van der Waals surface area (Å²) in [5.74, 6) is -0.256. The van der Waals surface area contributed by atoms with Crippen LogP contribution >= 0.6 is 11.6 Å². The number of sulfonamides is 1. The van der Waals surface area contributed by atoms with Gasteiger partial charge in [0.05, 0.1) is 26.9 Å². The number of nitro benzene ring substituents is 1. The molecule has 212 valence electrons. The summed E-state index contributed by atoms with van der Waals surface area (Å²) in [6.07, 6.45) is 11.5. The fraction of sp³-hybridized carbons (Fsp3) is 0.481. The van der Waals surface area contributed by atoms with Gasteiger partial charge in [0.25, 0.3) is 11.6 Å². The molecule has 10 nitrogen and oxygen atoms in total. The molecule has 1 amide bonds. The van der Waals surface area contributed by atoms with E-state index in [1.54, 1.807) is 6.07 Å². The van der Waals surface area contributed by atoms with Crippen LogP contribution in [0.15, 0.2) is 52.4 Å². The van der Waals surface area contributed by atoms with Gasteiger partial charge in [-0.3, -0.25) is 20.3 Å². The molecular weight excluding hydrogens is 542 g/mol. The lowest BCUT2D eigenvalue weighted by atomic mass is 10.1. The van der Waals surface area contributed by atoms with Crippen LogP contribution in [0.5, 0.6) is 0 Å². The van der Waals surface area contributed by atoms with Gasteiger partial charge in [0.15, 0.2) is 0 Å². The van der Waals surface area contributed by atoms with Crippen molar-refractivity contribution < 1.29 is 18.1 Å². The molecule has 1 heterocycles. The Hall–Kier alpha value is -3.02. The van der Waals surface area contributed by atoms with Crippen molar-refractivity contribution in [3.05, 3.63) is 57.6 Å². The third kappa shape index (κ3) is 9.01. The van der Waals surface area contributed by atoms with E-state index >= 15 is 0 Å². The predicted octanol–water partition coefficient (Wildman–Crippen LogP) is 6.42. The fourth-order valence-corrected chi connectivity index (χ4v) is 5.57. The zero-order valence-electron chi connectivity index (χ0n) is 22.2. The lowest BCUT2D eigenvalue weighted by Gasteiger charge is -2.15. The Morgan fingerprint density at radius 3 is 2.33 bits per heavy atom. The zero-order valence-corrected chi connectivity index (χ0v) is 23.8. The molecule has 0 aliphatic carbocycles. The predicted molar refractivity (Wildman–Crippen MR) is 154 cm³/mol. The summed E-state index contributed by atoms with van der Waals surface area (Å²) in [7, 11) is -3.77. The molecule has 0 saturated carbocycles. The van der Waals surface area contributed by atoms with Crippen molar-refractivity contribution in [2.45, 2.75) is 82.4 Å². The van der Waals surface area contributed by atoms with Crippen molar-refractivity contribution in [1.82, 2.24) is 10.1 Å². The van der Waals surface area contributed by atoms with Gasteiger partial charge in [-0.15, -0.1) is 0 Å². The highest BCUT2D eigenvalue weighted by molar-refractivity contribution is 7.89. The number of amidine groups is 1. The van der Waals surface area contributed by atoms with Gasteiger partial charge >= 0.3 is 0 Å². The standard InChI is InChI=1S/C27H36ClN5O5S/c1-2-3-4-5-6-7-8-9-10-13-18-29-39(37,38)21-16-17-22(28)23(19-21)30-26-20-27(34)32(31-26)24-14-11-12-15-25(24)33(35)36/h11-12,14-17,19,29H,2-10,13,18,20H2,1H3,(H,30,31). The highest BCUT2D eigenvalue weighted by atomic mass is 35.5. The lowest BCUT2D eigenvalue weighted by molar-refractivity contribution is -0.384. The smallest absolute Gasteiger partial charge is 0.277 e. The monoisotopic (exact) mass is 577 g/mol. The van der Waals surface area contributed by atoms with E-state index in [-0.39, 0.29) is 39.2 Å². The fourth-order valence-electron chi connectivity index (χ4n) is 4.31. The Labute approximate surface area is 235 Å². The van der Waals surface area contributed by atoms with Crippen LogP contribution in [0, 0.1) is 10.1 Å². The summed E-state index contributed by atoms with van der Waals surface area (Å²) in [5, 5.41) is 12.6. The van der Waals surface area contributed by atoms with Gasteiger partial charge in [0, 0.05) is 12.6 Å². The van der Waals surface area contributed by atoms with Gasteiger partial charge in [-0.25, -0.2) is 23.1 Å². The van der Waals surface area contributed by atoms with E-state index in [1.165, 1.54) is 81.3 Å². The molecule has 12 heteroatoms. The molecule has 1 saturated heterocycles. The largest absolute Gasteiger partial charge is 0.294 e. The maximum Gasteiger partial charge on any atom is 0.294 e. The maximum absolute atomic E-state index is 12.8. The van der Waals surface area contributed by atoms with Crippen molar-refractivity contribution in [2.24, 2.45) is 4.99 Å². The van der Waals surface area contributed by atoms with Crippen molar-refractivity contribution in [1.29, 1.82) is 0 Å². The normalized spacial score (nSPS) is 14.7. The van der Waals surface area contributed by atoms with Crippen LogP contribution < -0.4 is 15.2 Å². The molecule has 0 atom stereocenters. The summed E-state index contributed by atoms with van der Waals surface area (Å²) in [4.78, 5) is 27.7. The highest BCUT2D eigenvalue weighted by Gasteiger charge is 2.31. The summed E-state index contributed by atoms with van der Waals surface area (Å²) in [5.41, 5.74) is 2.78. The van der Waals surface area contributed by atoms with Crippen LogP contribution in [-0.2, 0) is 14.8 Å². The van der Waals surface area contributed by atoms with Gasteiger partial charge in [0.2, 0.25) is 10.0 Å². The van der Waals surface area contributed by atoms with Crippen LogP contribution in [0.1, 0.15) is 77.6 Å². The highest BCUT2D eigenvalue weighted by Crippen LogP contribution is 2.31. The minimum Gasteiger partial charge on any atom is -0.277 e. The van der Waals surface area contributed by atoms with E-state index in [0.29, 0.717) is 6.54 Å². The number of hydrogen-bond donors (Lipinski definition) is 2. The van der Waals surface area contributed by atoms with Crippen molar-refractivity contribution in [3.8, 4) is 0 Å². The first-order chi connectivity index (χ1) is 18.7. The quantitative estimate of drug-likeness (QED) is 0.134. The average Bonchev–Trinajstić information content (AvgIpc) is 3.28. The lowest BCUT2D eigenvalue weighted by Crippen LogP contribution is -2.36. The molecule has 2 aromatic rings. The summed E-state index contributed by atoms with van der Waals surface area (Å²) >= 11 is 6.27. The molecule has 1 aliphatic rings. The number of carbonyl (C=O) groups is 1. The van der Waals surface area contributed by atoms with Crippen LogP contribution in [-0.4, -0.2) is 31.6 Å². The van der Waals surface area contributed by atoms with Gasteiger partial charge in [0.1, 0.15) is 11.5 Å². The first kappa shape index (κ1) is 30.5. The number of hydrazine groups is 1. The average molecular weight is 578 g/mol. The van der Waals surface area contributed by atoms with Crippen LogP contribution in [0.2, 0.25) is 5.02 Å². The number of para-hydroxylation sites is 2. The molecule has 0 aromatic heterocycles. The molecule has 0 spiro atoms. The van der Waals surface area contributed by atoms with Gasteiger partial charge in [-0.1, -0.05) is 88.4 Å². The SMILES string of the molecule is CCCCCCCCCCCCNS(=O)(=O)c1ccc(Cl)c(N=C2CC(=O)N(c3ccccc3[N+](=O)[O-])N2)c1. The number of unbranched alkanes of at least 4 members (excludes halogenated alkanes) is 9. The van der Waals surface area contributed by atoms with E-state index in [1.807, 2.05) is 0 Å². The molecule has 1 aliphatic heterocycles. The minimum atomic E-state index is -3.77. The second kappa shape index (κ2) is 14.9. The van der Waals surface area contributed by atoms with Crippen LogP contribution in [0.25, 0.3) is 0 Å². The van der Waals surface area contributed by atoms with Crippen molar-refractivity contribution in [2.75, 3.05) is 11.6 Å². The first-order valence-electron chi connectivity index (χ1n) is 13.4. The number of amides is 1. The van der Waals surface area contributed by atoms with Gasteiger partial charge < -0.3 is 0 Å². The number of aliphatic imine (C=N–C) groups is 1. The molecule has 0 radical (unpaired) electrons. The molecule has 39 heavy (non-hydrogen) atoms. The topological polar surface area (TPSA) is 134 Å². The van der Waals surface area contributed by atoms with E-state index < -0.39 is 20.9 Å². The summed E-state index contributed by atoms with van der Waals surface area (Å²) in [6, 6.07) is 10.0. The third-order valence-corrected chi connectivity index (χ3v) is 8.21. The molecule has 0 unspecified atom stereocenters.